The Morgan fingerprint density at radius 1 is 0.417 bits per heavy atom. The van der Waals surface area contributed by atoms with E-state index >= 15 is 0 Å². The van der Waals surface area contributed by atoms with Crippen molar-refractivity contribution in [2.45, 2.75) is 0 Å². The lowest BCUT2D eigenvalue weighted by atomic mass is 10.0. The van der Waals surface area contributed by atoms with Crippen LogP contribution in [-0.4, -0.2) is 0 Å². The number of furan rings is 1. The second-order valence-corrected chi connectivity index (χ2v) is 9.03. The zero-order chi connectivity index (χ0) is 23.9. The molecule has 0 fully saturated rings. The minimum Gasteiger partial charge on any atom is -0.456 e. The molecule has 0 bridgehead atoms. The maximum atomic E-state index is 6.17. The van der Waals surface area contributed by atoms with E-state index < -0.39 is 0 Å². The van der Waals surface area contributed by atoms with Gasteiger partial charge >= 0.3 is 0 Å². The molecule has 36 heavy (non-hydrogen) atoms. The maximum Gasteiger partial charge on any atom is 0.136 e. The molecule has 0 saturated carbocycles. The molecule has 6 aromatic carbocycles. The van der Waals surface area contributed by atoms with Crippen molar-refractivity contribution < 1.29 is 4.42 Å². The number of rotatable bonds is 4. The van der Waals surface area contributed by atoms with Crippen LogP contribution in [0.2, 0.25) is 0 Å². The molecule has 0 atom stereocenters. The Labute approximate surface area is 209 Å². The third-order valence-electron chi connectivity index (χ3n) is 6.85. The number of para-hydroxylation sites is 2. The molecule has 170 valence electrons. The van der Waals surface area contributed by atoms with Crippen LogP contribution in [0.15, 0.2) is 144 Å². The van der Waals surface area contributed by atoms with Crippen LogP contribution in [0.3, 0.4) is 0 Å². The van der Waals surface area contributed by atoms with Crippen molar-refractivity contribution in [2.24, 2.45) is 0 Å². The van der Waals surface area contributed by atoms with Crippen molar-refractivity contribution in [3.05, 3.63) is 140 Å². The lowest BCUT2D eigenvalue weighted by Crippen LogP contribution is -2.09. The molecular weight excluding hydrogens is 438 g/mol. The number of hydrogen-bond acceptors (Lipinski definition) is 2. The molecule has 0 aliphatic heterocycles. The number of hydrogen-bond donors (Lipinski definition) is 0. The highest BCUT2D eigenvalue weighted by Gasteiger charge is 2.16. The molecule has 1 heterocycles. The second-order valence-electron chi connectivity index (χ2n) is 9.03. The zero-order valence-corrected chi connectivity index (χ0v) is 19.6. The van der Waals surface area contributed by atoms with E-state index in [1.807, 2.05) is 12.1 Å². The van der Waals surface area contributed by atoms with Crippen molar-refractivity contribution in [3.8, 4) is 11.1 Å². The van der Waals surface area contributed by atoms with E-state index in [-0.39, 0.29) is 0 Å². The van der Waals surface area contributed by atoms with Crippen molar-refractivity contribution in [1.29, 1.82) is 0 Å². The van der Waals surface area contributed by atoms with E-state index in [2.05, 4.69) is 132 Å². The van der Waals surface area contributed by atoms with Gasteiger partial charge in [0.25, 0.3) is 0 Å². The number of anilines is 3. The first kappa shape index (κ1) is 20.5. The standard InChI is InChI=1S/C34H23NO/c1-3-9-24(10-4-1)25-15-19-28(20-16-25)35(27-11-5-2-6-12-27)29-21-17-26-18-22-33-34(31(26)23-29)30-13-7-8-14-32(30)36-33/h1-23H. The third kappa shape index (κ3) is 3.43. The van der Waals surface area contributed by atoms with Crippen molar-refractivity contribution in [3.63, 3.8) is 0 Å². The van der Waals surface area contributed by atoms with Crippen LogP contribution in [0.5, 0.6) is 0 Å². The fourth-order valence-electron chi connectivity index (χ4n) is 5.13. The highest BCUT2D eigenvalue weighted by molar-refractivity contribution is 6.19. The summed E-state index contributed by atoms with van der Waals surface area (Å²) in [6.45, 7) is 0. The van der Waals surface area contributed by atoms with Crippen molar-refractivity contribution >= 4 is 49.8 Å². The molecule has 0 aliphatic rings. The van der Waals surface area contributed by atoms with E-state index in [9.17, 15) is 0 Å². The molecule has 0 amide bonds. The molecule has 2 heteroatoms. The van der Waals surface area contributed by atoms with Crippen molar-refractivity contribution in [2.75, 3.05) is 4.90 Å². The van der Waals surface area contributed by atoms with E-state index in [0.717, 1.165) is 39.0 Å². The lowest BCUT2D eigenvalue weighted by molar-refractivity contribution is 0.669. The lowest BCUT2D eigenvalue weighted by Gasteiger charge is -2.26. The van der Waals surface area contributed by atoms with Gasteiger partial charge in [0, 0.05) is 27.8 Å². The Kier molecular flexibility index (Phi) is 4.82. The summed E-state index contributed by atoms with van der Waals surface area (Å²) in [4.78, 5) is 2.31. The highest BCUT2D eigenvalue weighted by atomic mass is 16.3. The van der Waals surface area contributed by atoms with Crippen LogP contribution < -0.4 is 4.90 Å². The summed E-state index contributed by atoms with van der Waals surface area (Å²) in [5.74, 6) is 0. The quantitative estimate of drug-likeness (QED) is 0.259. The topological polar surface area (TPSA) is 16.4 Å². The van der Waals surface area contributed by atoms with Gasteiger partial charge in [-0.05, 0) is 70.4 Å². The Balaban J connectivity index is 1.42. The summed E-state index contributed by atoms with van der Waals surface area (Å²) in [7, 11) is 0. The van der Waals surface area contributed by atoms with Crippen LogP contribution in [0.25, 0.3) is 43.8 Å². The average molecular weight is 462 g/mol. The molecule has 0 unspecified atom stereocenters. The van der Waals surface area contributed by atoms with Gasteiger partial charge in [-0.25, -0.2) is 0 Å². The van der Waals surface area contributed by atoms with E-state index in [1.54, 1.807) is 0 Å². The first-order valence-electron chi connectivity index (χ1n) is 12.2. The van der Waals surface area contributed by atoms with Crippen LogP contribution >= 0.6 is 0 Å². The van der Waals surface area contributed by atoms with Gasteiger partial charge in [-0.15, -0.1) is 0 Å². The monoisotopic (exact) mass is 461 g/mol. The molecular formula is C34H23NO. The fourth-order valence-corrected chi connectivity index (χ4v) is 5.13. The normalized spacial score (nSPS) is 11.3. The van der Waals surface area contributed by atoms with E-state index in [0.29, 0.717) is 0 Å². The van der Waals surface area contributed by atoms with Crippen LogP contribution in [-0.2, 0) is 0 Å². The summed E-state index contributed by atoms with van der Waals surface area (Å²) in [6, 6.07) is 49.0. The molecule has 0 N–H and O–H groups in total. The van der Waals surface area contributed by atoms with Gasteiger partial charge in [0.05, 0.1) is 0 Å². The Morgan fingerprint density at radius 3 is 1.83 bits per heavy atom. The summed E-state index contributed by atoms with van der Waals surface area (Å²) in [6.07, 6.45) is 0. The minimum atomic E-state index is 0.916. The summed E-state index contributed by atoms with van der Waals surface area (Å²) < 4.78 is 6.17. The number of nitrogens with zero attached hydrogens (tertiary/aromatic N) is 1. The molecule has 1 aromatic heterocycles. The SMILES string of the molecule is c1ccc(-c2ccc(N(c3ccccc3)c3ccc4ccc5oc6ccccc6c5c4c3)cc2)cc1. The molecule has 0 radical (unpaired) electrons. The van der Waals surface area contributed by atoms with Crippen LogP contribution in [0, 0.1) is 0 Å². The van der Waals surface area contributed by atoms with Gasteiger partial charge in [0.2, 0.25) is 0 Å². The summed E-state index contributed by atoms with van der Waals surface area (Å²) in [5, 5.41) is 4.70. The van der Waals surface area contributed by atoms with E-state index in [4.69, 9.17) is 4.42 Å². The van der Waals surface area contributed by atoms with E-state index in [1.165, 1.54) is 21.9 Å². The number of benzene rings is 6. The van der Waals surface area contributed by atoms with Gasteiger partial charge < -0.3 is 9.32 Å². The summed E-state index contributed by atoms with van der Waals surface area (Å²) >= 11 is 0. The highest BCUT2D eigenvalue weighted by Crippen LogP contribution is 2.40. The first-order valence-corrected chi connectivity index (χ1v) is 12.2. The summed E-state index contributed by atoms with van der Waals surface area (Å²) in [5.41, 5.74) is 7.60. The molecule has 0 spiro atoms. The Hall–Kier alpha value is -4.82. The van der Waals surface area contributed by atoms with Gasteiger partial charge in [-0.1, -0.05) is 91.0 Å². The van der Waals surface area contributed by atoms with Crippen LogP contribution in [0.1, 0.15) is 0 Å². The molecule has 7 rings (SSSR count). The first-order chi connectivity index (χ1) is 17.8. The maximum absolute atomic E-state index is 6.17. The van der Waals surface area contributed by atoms with Gasteiger partial charge in [0.1, 0.15) is 11.2 Å². The van der Waals surface area contributed by atoms with Crippen molar-refractivity contribution in [1.82, 2.24) is 0 Å². The zero-order valence-electron chi connectivity index (χ0n) is 19.6. The predicted molar refractivity (Wildman–Crippen MR) is 151 cm³/mol. The largest absolute Gasteiger partial charge is 0.456 e. The Morgan fingerprint density at radius 2 is 1.03 bits per heavy atom. The minimum absolute atomic E-state index is 0.916. The van der Waals surface area contributed by atoms with Gasteiger partial charge in [0.15, 0.2) is 0 Å². The average Bonchev–Trinajstić information content (AvgIpc) is 3.34. The molecule has 2 nitrogen and oxygen atoms in total. The smallest absolute Gasteiger partial charge is 0.136 e. The molecule has 7 aromatic rings. The third-order valence-corrected chi connectivity index (χ3v) is 6.85. The Bertz CT molecular complexity index is 1820. The fraction of sp³-hybridized carbons (Fsp3) is 0. The second kappa shape index (κ2) is 8.44. The van der Waals surface area contributed by atoms with Gasteiger partial charge in [-0.3, -0.25) is 0 Å². The predicted octanol–water partition coefficient (Wildman–Crippen LogP) is 9.88. The van der Waals surface area contributed by atoms with Gasteiger partial charge in [-0.2, -0.15) is 0 Å². The molecule has 0 saturated heterocycles. The van der Waals surface area contributed by atoms with Crippen LogP contribution in [0.4, 0.5) is 17.1 Å². The molecule has 0 aliphatic carbocycles. The number of fused-ring (bicyclic) bond motifs is 5.